The summed E-state index contributed by atoms with van der Waals surface area (Å²) in [6.45, 7) is 1.70. The molecule has 1 unspecified atom stereocenters. The molecule has 0 aliphatic heterocycles. The molecule has 2 rings (SSSR count). The van der Waals surface area contributed by atoms with Gasteiger partial charge in [0.05, 0.1) is 6.42 Å². The number of aliphatic carboxylic acids is 1. The minimum Gasteiger partial charge on any atom is -0.481 e. The molecule has 114 valence electrons. The molecule has 1 saturated carbocycles. The number of carbonyl (C=O) groups excluding carboxylic acids is 1. The standard InChI is InChI=1S/C17H23NO3/c1-12(11-16(19)20)18-17(21)15-9-7-14(8-10-15)13-5-3-2-4-6-13/h7-10,12-13H,2-6,11H2,1H3,(H,18,21)(H,19,20). The molecule has 1 aromatic carbocycles. The Hall–Kier alpha value is -1.84. The molecule has 2 N–H and O–H groups in total. The summed E-state index contributed by atoms with van der Waals surface area (Å²) < 4.78 is 0. The summed E-state index contributed by atoms with van der Waals surface area (Å²) in [5.41, 5.74) is 1.90. The predicted octanol–water partition coefficient (Wildman–Crippen LogP) is 3.33. The number of benzene rings is 1. The van der Waals surface area contributed by atoms with Crippen molar-refractivity contribution in [3.8, 4) is 0 Å². The molecule has 4 nitrogen and oxygen atoms in total. The quantitative estimate of drug-likeness (QED) is 0.873. The van der Waals surface area contributed by atoms with Gasteiger partial charge in [0.15, 0.2) is 0 Å². The van der Waals surface area contributed by atoms with Gasteiger partial charge in [-0.25, -0.2) is 0 Å². The second-order valence-corrected chi connectivity index (χ2v) is 5.93. The summed E-state index contributed by atoms with van der Waals surface area (Å²) in [5.74, 6) is -0.490. The van der Waals surface area contributed by atoms with E-state index in [0.29, 0.717) is 11.5 Å². The number of rotatable bonds is 5. The molecule has 0 saturated heterocycles. The molecule has 1 amide bonds. The van der Waals surface area contributed by atoms with Crippen LogP contribution in [0.25, 0.3) is 0 Å². The maximum Gasteiger partial charge on any atom is 0.305 e. The summed E-state index contributed by atoms with van der Waals surface area (Å²) in [4.78, 5) is 22.6. The van der Waals surface area contributed by atoms with Gasteiger partial charge >= 0.3 is 5.97 Å². The highest BCUT2D eigenvalue weighted by Gasteiger charge is 2.16. The van der Waals surface area contributed by atoms with E-state index >= 15 is 0 Å². The van der Waals surface area contributed by atoms with Crippen LogP contribution in [0.1, 0.15) is 67.3 Å². The lowest BCUT2D eigenvalue weighted by molar-refractivity contribution is -0.137. The smallest absolute Gasteiger partial charge is 0.305 e. The van der Waals surface area contributed by atoms with E-state index in [0.717, 1.165) is 0 Å². The van der Waals surface area contributed by atoms with Gasteiger partial charge in [-0.05, 0) is 43.4 Å². The molecule has 1 aliphatic rings. The van der Waals surface area contributed by atoms with Crippen LogP contribution in [0.4, 0.5) is 0 Å². The third-order valence-electron chi connectivity index (χ3n) is 4.11. The molecule has 0 radical (unpaired) electrons. The fraction of sp³-hybridized carbons (Fsp3) is 0.529. The fourth-order valence-corrected chi connectivity index (χ4v) is 2.96. The Balaban J connectivity index is 1.94. The van der Waals surface area contributed by atoms with Crippen LogP contribution in [0, 0.1) is 0 Å². The Morgan fingerprint density at radius 1 is 1.19 bits per heavy atom. The van der Waals surface area contributed by atoms with Gasteiger partial charge in [0, 0.05) is 11.6 Å². The molecule has 1 aliphatic carbocycles. The molecule has 1 atom stereocenters. The highest BCUT2D eigenvalue weighted by atomic mass is 16.4. The van der Waals surface area contributed by atoms with Crippen LogP contribution in [0.15, 0.2) is 24.3 Å². The number of carboxylic acid groups (broad SMARTS) is 1. The third kappa shape index (κ3) is 4.59. The minimum atomic E-state index is -0.907. The summed E-state index contributed by atoms with van der Waals surface area (Å²) in [7, 11) is 0. The van der Waals surface area contributed by atoms with E-state index in [9.17, 15) is 9.59 Å². The van der Waals surface area contributed by atoms with E-state index < -0.39 is 5.97 Å². The van der Waals surface area contributed by atoms with E-state index in [1.807, 2.05) is 24.3 Å². The molecular weight excluding hydrogens is 266 g/mol. The zero-order chi connectivity index (χ0) is 15.2. The van der Waals surface area contributed by atoms with Gasteiger partial charge in [0.25, 0.3) is 5.91 Å². The van der Waals surface area contributed by atoms with Gasteiger partial charge in [-0.15, -0.1) is 0 Å². The first-order valence-corrected chi connectivity index (χ1v) is 7.69. The van der Waals surface area contributed by atoms with Gasteiger partial charge < -0.3 is 10.4 Å². The van der Waals surface area contributed by atoms with Crippen LogP contribution in [0.2, 0.25) is 0 Å². The summed E-state index contributed by atoms with van der Waals surface area (Å²) in [6.07, 6.45) is 6.33. The Morgan fingerprint density at radius 2 is 1.81 bits per heavy atom. The first-order valence-electron chi connectivity index (χ1n) is 7.69. The summed E-state index contributed by atoms with van der Waals surface area (Å²) in [5, 5.41) is 11.4. The van der Waals surface area contributed by atoms with Crippen molar-refractivity contribution in [3.05, 3.63) is 35.4 Å². The zero-order valence-corrected chi connectivity index (χ0v) is 12.5. The van der Waals surface area contributed by atoms with E-state index in [4.69, 9.17) is 5.11 Å². The number of hydrogen-bond donors (Lipinski definition) is 2. The zero-order valence-electron chi connectivity index (χ0n) is 12.5. The van der Waals surface area contributed by atoms with Gasteiger partial charge in [-0.3, -0.25) is 9.59 Å². The lowest BCUT2D eigenvalue weighted by Crippen LogP contribution is -2.34. The Kier molecular flexibility index (Phi) is 5.37. The maximum absolute atomic E-state index is 12.0. The van der Waals surface area contributed by atoms with Crippen molar-refractivity contribution >= 4 is 11.9 Å². The van der Waals surface area contributed by atoms with Crippen molar-refractivity contribution in [3.63, 3.8) is 0 Å². The molecule has 1 fully saturated rings. The van der Waals surface area contributed by atoms with Crippen LogP contribution in [0.3, 0.4) is 0 Å². The van der Waals surface area contributed by atoms with Crippen LogP contribution in [-0.2, 0) is 4.79 Å². The van der Waals surface area contributed by atoms with Crippen molar-refractivity contribution in [1.82, 2.24) is 5.32 Å². The van der Waals surface area contributed by atoms with E-state index in [1.54, 1.807) is 6.92 Å². The van der Waals surface area contributed by atoms with Gasteiger partial charge in [0.1, 0.15) is 0 Å². The molecule has 0 heterocycles. The maximum atomic E-state index is 12.0. The Morgan fingerprint density at radius 3 is 2.38 bits per heavy atom. The van der Waals surface area contributed by atoms with Crippen molar-refractivity contribution in [1.29, 1.82) is 0 Å². The van der Waals surface area contributed by atoms with Gasteiger partial charge in [-0.1, -0.05) is 31.4 Å². The number of nitrogens with one attached hydrogen (secondary N) is 1. The van der Waals surface area contributed by atoms with Gasteiger partial charge in [0.2, 0.25) is 0 Å². The Labute approximate surface area is 125 Å². The molecule has 0 spiro atoms. The largest absolute Gasteiger partial charge is 0.481 e. The van der Waals surface area contributed by atoms with Crippen LogP contribution >= 0.6 is 0 Å². The van der Waals surface area contributed by atoms with Crippen LogP contribution in [-0.4, -0.2) is 23.0 Å². The number of carbonyl (C=O) groups is 2. The highest BCUT2D eigenvalue weighted by Crippen LogP contribution is 2.32. The monoisotopic (exact) mass is 289 g/mol. The van der Waals surface area contributed by atoms with Crippen molar-refractivity contribution in [2.24, 2.45) is 0 Å². The summed E-state index contributed by atoms with van der Waals surface area (Å²) >= 11 is 0. The van der Waals surface area contributed by atoms with Crippen LogP contribution in [0.5, 0.6) is 0 Å². The molecular formula is C17H23NO3. The topological polar surface area (TPSA) is 66.4 Å². The normalized spacial score (nSPS) is 17.2. The first kappa shape index (κ1) is 15.5. The third-order valence-corrected chi connectivity index (χ3v) is 4.11. The lowest BCUT2D eigenvalue weighted by atomic mass is 9.84. The van der Waals surface area contributed by atoms with Crippen molar-refractivity contribution < 1.29 is 14.7 Å². The van der Waals surface area contributed by atoms with Crippen molar-refractivity contribution in [2.75, 3.05) is 0 Å². The number of amides is 1. The summed E-state index contributed by atoms with van der Waals surface area (Å²) in [6, 6.07) is 7.38. The number of hydrogen-bond acceptors (Lipinski definition) is 2. The molecule has 1 aromatic rings. The van der Waals surface area contributed by atoms with E-state index in [-0.39, 0.29) is 18.4 Å². The molecule has 0 aromatic heterocycles. The first-order chi connectivity index (χ1) is 10.1. The SMILES string of the molecule is CC(CC(=O)O)NC(=O)c1ccc(C2CCCCC2)cc1. The minimum absolute atomic E-state index is 0.0636. The van der Waals surface area contributed by atoms with E-state index in [1.165, 1.54) is 37.7 Å². The molecule has 21 heavy (non-hydrogen) atoms. The lowest BCUT2D eigenvalue weighted by Gasteiger charge is -2.22. The average Bonchev–Trinajstić information content (AvgIpc) is 2.47. The van der Waals surface area contributed by atoms with Gasteiger partial charge in [-0.2, -0.15) is 0 Å². The second-order valence-electron chi connectivity index (χ2n) is 5.93. The van der Waals surface area contributed by atoms with E-state index in [2.05, 4.69) is 5.32 Å². The fourth-order valence-electron chi connectivity index (χ4n) is 2.96. The molecule has 4 heteroatoms. The Bertz CT molecular complexity index is 489. The highest BCUT2D eigenvalue weighted by molar-refractivity contribution is 5.94. The predicted molar refractivity (Wildman–Crippen MR) is 81.4 cm³/mol. The second kappa shape index (κ2) is 7.25. The number of carboxylic acids is 1. The average molecular weight is 289 g/mol. The van der Waals surface area contributed by atoms with Crippen LogP contribution < -0.4 is 5.32 Å². The van der Waals surface area contributed by atoms with Crippen molar-refractivity contribution in [2.45, 2.75) is 57.4 Å². The molecule has 0 bridgehead atoms.